The number of nitrogens with one attached hydrogen (secondary N) is 1. The number of amides is 1. The maximum atomic E-state index is 12.3. The fourth-order valence-electron chi connectivity index (χ4n) is 1.95. The van der Waals surface area contributed by atoms with E-state index in [1.807, 2.05) is 37.4 Å². The molecule has 17 heavy (non-hydrogen) atoms. The average molecular weight is 228 g/mol. The summed E-state index contributed by atoms with van der Waals surface area (Å²) in [4.78, 5) is 17.1. The predicted molar refractivity (Wildman–Crippen MR) is 70.1 cm³/mol. The lowest BCUT2D eigenvalue weighted by molar-refractivity contribution is 0.0809. The molecule has 2 aromatic rings. The highest BCUT2D eigenvalue weighted by atomic mass is 16.2. The van der Waals surface area contributed by atoms with Crippen LogP contribution in [0.3, 0.4) is 0 Å². The summed E-state index contributed by atoms with van der Waals surface area (Å²) in [5.74, 6) is 0.0261. The predicted octanol–water partition coefficient (Wildman–Crippen LogP) is 2.82. The maximum Gasteiger partial charge on any atom is 0.254 e. The van der Waals surface area contributed by atoms with Crippen molar-refractivity contribution in [2.24, 2.45) is 0 Å². The third-order valence-electron chi connectivity index (χ3n) is 2.68. The van der Waals surface area contributed by atoms with Gasteiger partial charge in [0.25, 0.3) is 5.91 Å². The molecule has 3 heteroatoms. The Hall–Kier alpha value is -2.03. The summed E-state index contributed by atoms with van der Waals surface area (Å²) >= 11 is 0. The van der Waals surface area contributed by atoms with Crippen LogP contribution in [0.4, 0.5) is 0 Å². The molecular weight excluding hydrogens is 212 g/mol. The molecule has 0 spiro atoms. The number of benzene rings is 1. The number of carbonyl (C=O) groups excluding carboxylic acids is 1. The number of hydrogen-bond donors (Lipinski definition) is 1. The third kappa shape index (κ3) is 2.23. The number of hydrogen-bond acceptors (Lipinski definition) is 1. The lowest BCUT2D eigenvalue weighted by atomic mass is 10.1. The Balaban J connectivity index is 2.36. The van der Waals surface area contributed by atoms with E-state index in [0.29, 0.717) is 6.54 Å². The fourth-order valence-corrected chi connectivity index (χ4v) is 1.95. The van der Waals surface area contributed by atoms with Gasteiger partial charge < -0.3 is 9.88 Å². The molecule has 0 aliphatic carbocycles. The van der Waals surface area contributed by atoms with E-state index in [1.54, 1.807) is 11.9 Å². The zero-order valence-corrected chi connectivity index (χ0v) is 10.2. The molecule has 0 atom stereocenters. The van der Waals surface area contributed by atoms with Gasteiger partial charge in [0.1, 0.15) is 0 Å². The molecule has 2 rings (SSSR count). The highest BCUT2D eigenvalue weighted by Crippen LogP contribution is 2.18. The number of H-pyrrole nitrogens is 1. The van der Waals surface area contributed by atoms with Crippen LogP contribution < -0.4 is 0 Å². The van der Waals surface area contributed by atoms with Gasteiger partial charge in [0.2, 0.25) is 0 Å². The molecule has 0 radical (unpaired) electrons. The molecule has 3 nitrogen and oxygen atoms in total. The minimum absolute atomic E-state index is 0.0261. The van der Waals surface area contributed by atoms with Crippen molar-refractivity contribution in [1.82, 2.24) is 9.88 Å². The largest absolute Gasteiger partial charge is 0.361 e. The van der Waals surface area contributed by atoms with E-state index in [0.717, 1.165) is 22.0 Å². The monoisotopic (exact) mass is 228 g/mol. The van der Waals surface area contributed by atoms with Crippen LogP contribution in [0.15, 0.2) is 42.6 Å². The van der Waals surface area contributed by atoms with Crippen LogP contribution in [0.5, 0.6) is 0 Å². The van der Waals surface area contributed by atoms with Gasteiger partial charge in [-0.2, -0.15) is 0 Å². The molecule has 1 aromatic heterocycles. The highest BCUT2D eigenvalue weighted by Gasteiger charge is 2.14. The van der Waals surface area contributed by atoms with E-state index in [9.17, 15) is 4.79 Å². The third-order valence-corrected chi connectivity index (χ3v) is 2.68. The molecule has 1 N–H and O–H groups in total. The molecule has 0 aliphatic rings. The minimum atomic E-state index is 0.0261. The van der Waals surface area contributed by atoms with Crippen molar-refractivity contribution in [1.29, 1.82) is 0 Å². The quantitative estimate of drug-likeness (QED) is 0.806. The molecule has 1 amide bonds. The van der Waals surface area contributed by atoms with Gasteiger partial charge in [-0.1, -0.05) is 18.2 Å². The van der Waals surface area contributed by atoms with Gasteiger partial charge in [-0.25, -0.2) is 0 Å². The summed E-state index contributed by atoms with van der Waals surface area (Å²) in [6.07, 6.45) is 1.85. The van der Waals surface area contributed by atoms with Gasteiger partial charge >= 0.3 is 0 Å². The van der Waals surface area contributed by atoms with Crippen molar-refractivity contribution >= 4 is 16.8 Å². The summed E-state index contributed by atoms with van der Waals surface area (Å²) < 4.78 is 0. The summed E-state index contributed by atoms with van der Waals surface area (Å²) in [7, 11) is 1.79. The minimum Gasteiger partial charge on any atom is -0.361 e. The van der Waals surface area contributed by atoms with Gasteiger partial charge in [0.15, 0.2) is 0 Å². The summed E-state index contributed by atoms with van der Waals surface area (Å²) in [5, 5.41) is 0.964. The summed E-state index contributed by atoms with van der Waals surface area (Å²) in [6.45, 7) is 6.32. The number of aromatic amines is 1. The second-order valence-electron chi connectivity index (χ2n) is 4.36. The van der Waals surface area contributed by atoms with Crippen molar-refractivity contribution < 1.29 is 4.79 Å². The molecule has 0 bridgehead atoms. The molecule has 0 aliphatic heterocycles. The normalized spacial score (nSPS) is 10.5. The fraction of sp³-hybridized carbons (Fsp3) is 0.214. The van der Waals surface area contributed by atoms with Crippen molar-refractivity contribution in [3.63, 3.8) is 0 Å². The van der Waals surface area contributed by atoms with Gasteiger partial charge in [0, 0.05) is 36.3 Å². The van der Waals surface area contributed by atoms with Crippen LogP contribution >= 0.6 is 0 Å². The molecule has 1 aromatic carbocycles. The first kappa shape index (κ1) is 11.5. The Labute approximate surface area is 101 Å². The van der Waals surface area contributed by atoms with E-state index < -0.39 is 0 Å². The zero-order chi connectivity index (χ0) is 12.4. The highest BCUT2D eigenvalue weighted by molar-refractivity contribution is 6.06. The summed E-state index contributed by atoms with van der Waals surface area (Å²) in [5.41, 5.74) is 2.69. The van der Waals surface area contributed by atoms with Crippen LogP contribution in [0.25, 0.3) is 10.9 Å². The van der Waals surface area contributed by atoms with Gasteiger partial charge in [-0.3, -0.25) is 4.79 Å². The number of carbonyl (C=O) groups is 1. The second kappa shape index (κ2) is 4.45. The van der Waals surface area contributed by atoms with Crippen LogP contribution in [0.2, 0.25) is 0 Å². The van der Waals surface area contributed by atoms with Crippen LogP contribution in [0, 0.1) is 0 Å². The molecular formula is C14H16N2O. The first-order valence-corrected chi connectivity index (χ1v) is 5.55. The van der Waals surface area contributed by atoms with Crippen molar-refractivity contribution in [2.75, 3.05) is 13.6 Å². The molecule has 0 fully saturated rings. The molecule has 0 saturated heterocycles. The number of rotatable bonds is 3. The van der Waals surface area contributed by atoms with E-state index in [2.05, 4.69) is 11.6 Å². The molecule has 0 unspecified atom stereocenters. The average Bonchev–Trinajstić information content (AvgIpc) is 2.74. The maximum absolute atomic E-state index is 12.3. The van der Waals surface area contributed by atoms with Crippen LogP contribution in [-0.2, 0) is 0 Å². The Kier molecular flexibility index (Phi) is 3.00. The van der Waals surface area contributed by atoms with Gasteiger partial charge in [0.05, 0.1) is 0 Å². The second-order valence-corrected chi connectivity index (χ2v) is 4.36. The lowest BCUT2D eigenvalue weighted by Crippen LogP contribution is -2.28. The topological polar surface area (TPSA) is 36.1 Å². The first-order chi connectivity index (χ1) is 8.09. The molecule has 0 saturated carbocycles. The number of aromatic nitrogens is 1. The molecule has 88 valence electrons. The number of likely N-dealkylation sites (N-methyl/N-ethyl adjacent to an activating group) is 1. The van der Waals surface area contributed by atoms with E-state index in [4.69, 9.17) is 0 Å². The SMILES string of the molecule is C=C(C)CN(C)C(=O)c1cccc2[nH]ccc12. The van der Waals surface area contributed by atoms with Crippen molar-refractivity contribution in [2.45, 2.75) is 6.92 Å². The van der Waals surface area contributed by atoms with E-state index in [-0.39, 0.29) is 5.91 Å². The smallest absolute Gasteiger partial charge is 0.254 e. The Morgan fingerprint density at radius 3 is 2.88 bits per heavy atom. The van der Waals surface area contributed by atoms with Gasteiger partial charge in [-0.15, -0.1) is 0 Å². The van der Waals surface area contributed by atoms with E-state index >= 15 is 0 Å². The van der Waals surface area contributed by atoms with Crippen LogP contribution in [0.1, 0.15) is 17.3 Å². The zero-order valence-electron chi connectivity index (χ0n) is 10.2. The van der Waals surface area contributed by atoms with Crippen molar-refractivity contribution in [3.8, 4) is 0 Å². The summed E-state index contributed by atoms with van der Waals surface area (Å²) in [6, 6.07) is 7.64. The van der Waals surface area contributed by atoms with E-state index in [1.165, 1.54) is 0 Å². The first-order valence-electron chi connectivity index (χ1n) is 5.55. The molecule has 1 heterocycles. The Bertz CT molecular complexity index is 568. The Morgan fingerprint density at radius 2 is 2.18 bits per heavy atom. The standard InChI is InChI=1S/C14H16N2O/c1-10(2)9-16(3)14(17)12-5-4-6-13-11(12)7-8-15-13/h4-8,15H,1,9H2,2-3H3. The van der Waals surface area contributed by atoms with Crippen molar-refractivity contribution in [3.05, 3.63) is 48.2 Å². The lowest BCUT2D eigenvalue weighted by Gasteiger charge is -2.17. The van der Waals surface area contributed by atoms with Gasteiger partial charge in [-0.05, 0) is 25.1 Å². The number of nitrogens with zero attached hydrogens (tertiary/aromatic N) is 1. The van der Waals surface area contributed by atoms with Crippen LogP contribution in [-0.4, -0.2) is 29.4 Å². The Morgan fingerprint density at radius 1 is 1.41 bits per heavy atom. The number of fused-ring (bicyclic) bond motifs is 1.